The Morgan fingerprint density at radius 2 is 2.20 bits per heavy atom. The number of hydrogen-bond donors (Lipinski definition) is 2. The Bertz CT molecular complexity index is 1070. The fourth-order valence-corrected chi connectivity index (χ4v) is 3.61. The normalized spacial score (nSPS) is 18.4. The van der Waals surface area contributed by atoms with E-state index in [-0.39, 0.29) is 22.8 Å². The molecule has 1 aromatic carbocycles. The molecular weight excluding hydrogens is 425 g/mol. The quantitative estimate of drug-likeness (QED) is 0.593. The number of nitrogens with one attached hydrogen (secondary N) is 2. The van der Waals surface area contributed by atoms with E-state index in [1.54, 1.807) is 24.3 Å². The molecule has 2 aromatic heterocycles. The van der Waals surface area contributed by atoms with Gasteiger partial charge in [-0.05, 0) is 30.3 Å². The van der Waals surface area contributed by atoms with Crippen LogP contribution in [0.2, 0.25) is 5.02 Å². The van der Waals surface area contributed by atoms with Crippen molar-refractivity contribution in [1.29, 1.82) is 0 Å². The van der Waals surface area contributed by atoms with Crippen LogP contribution in [0.5, 0.6) is 5.75 Å². The lowest BCUT2D eigenvalue weighted by molar-refractivity contribution is -0.174. The fraction of sp³-hybridized carbons (Fsp3) is 0.263. The average molecular weight is 441 g/mol. The number of rotatable bonds is 4. The van der Waals surface area contributed by atoms with Crippen LogP contribution >= 0.6 is 11.6 Å². The molecule has 30 heavy (non-hydrogen) atoms. The van der Waals surface area contributed by atoms with Gasteiger partial charge in [0.2, 0.25) is 0 Å². The Morgan fingerprint density at radius 1 is 1.40 bits per heavy atom. The van der Waals surface area contributed by atoms with Crippen molar-refractivity contribution in [3.05, 3.63) is 59.1 Å². The van der Waals surface area contributed by atoms with Crippen LogP contribution in [-0.4, -0.2) is 29.0 Å². The summed E-state index contributed by atoms with van der Waals surface area (Å²) in [5.41, 5.74) is 0.323. The standard InChI is InChI=1S/C19H16ClF3N4O3/c1-29-14-5-4-10(7-12(14)20)25-18(28)11-9-24-27-16(19(21,22)23)8-13(26-17(11)27)15-3-2-6-30-15/h2-7,9,13,16,26H,8H2,1H3,(H,25,28)/t13-,16+/m1/s1. The first-order valence-electron chi connectivity index (χ1n) is 8.87. The molecule has 0 unspecified atom stereocenters. The SMILES string of the molecule is COc1ccc(NC(=O)c2cnn3c2N[C@@H](c2ccco2)C[C@H]3C(F)(F)F)cc1Cl. The van der Waals surface area contributed by atoms with E-state index in [4.69, 9.17) is 20.8 Å². The molecule has 3 aromatic rings. The minimum atomic E-state index is -4.55. The van der Waals surface area contributed by atoms with Crippen molar-refractivity contribution in [1.82, 2.24) is 9.78 Å². The maximum atomic E-state index is 13.7. The molecule has 1 aliphatic rings. The van der Waals surface area contributed by atoms with Crippen LogP contribution in [0.1, 0.15) is 34.6 Å². The van der Waals surface area contributed by atoms with Gasteiger partial charge < -0.3 is 19.8 Å². The number of amides is 1. The van der Waals surface area contributed by atoms with Gasteiger partial charge in [-0.1, -0.05) is 11.6 Å². The van der Waals surface area contributed by atoms with Crippen molar-refractivity contribution in [3.8, 4) is 5.75 Å². The molecule has 0 saturated heterocycles. The van der Waals surface area contributed by atoms with E-state index in [0.717, 1.165) is 10.9 Å². The van der Waals surface area contributed by atoms with E-state index in [0.29, 0.717) is 17.2 Å². The molecule has 0 spiro atoms. The highest BCUT2D eigenvalue weighted by atomic mass is 35.5. The van der Waals surface area contributed by atoms with Crippen LogP contribution in [0.3, 0.4) is 0 Å². The third-order valence-electron chi connectivity index (χ3n) is 4.78. The van der Waals surface area contributed by atoms with Crippen LogP contribution in [0, 0.1) is 0 Å². The zero-order valence-electron chi connectivity index (χ0n) is 15.5. The van der Waals surface area contributed by atoms with Crippen LogP contribution in [-0.2, 0) is 0 Å². The van der Waals surface area contributed by atoms with Gasteiger partial charge in [0.05, 0.1) is 30.6 Å². The predicted octanol–water partition coefficient (Wildman–Crippen LogP) is 5.05. The molecule has 0 aliphatic carbocycles. The first-order valence-corrected chi connectivity index (χ1v) is 9.24. The van der Waals surface area contributed by atoms with Gasteiger partial charge in [-0.2, -0.15) is 18.3 Å². The van der Waals surface area contributed by atoms with Gasteiger partial charge in [-0.15, -0.1) is 0 Å². The molecule has 0 bridgehead atoms. The second-order valence-corrected chi connectivity index (χ2v) is 7.07. The molecule has 1 aliphatic heterocycles. The molecule has 7 nitrogen and oxygen atoms in total. The molecule has 4 rings (SSSR count). The molecule has 158 valence electrons. The zero-order chi connectivity index (χ0) is 21.5. The number of furan rings is 1. The van der Waals surface area contributed by atoms with Crippen LogP contribution < -0.4 is 15.4 Å². The van der Waals surface area contributed by atoms with Gasteiger partial charge >= 0.3 is 6.18 Å². The summed E-state index contributed by atoms with van der Waals surface area (Å²) >= 11 is 6.06. The third-order valence-corrected chi connectivity index (χ3v) is 5.07. The molecule has 2 N–H and O–H groups in total. The van der Waals surface area contributed by atoms with Crippen molar-refractivity contribution < 1.29 is 27.1 Å². The molecule has 3 heterocycles. The number of hydrogen-bond acceptors (Lipinski definition) is 5. The summed E-state index contributed by atoms with van der Waals surface area (Å²) in [6.07, 6.45) is -2.38. The highest BCUT2D eigenvalue weighted by Gasteiger charge is 2.47. The summed E-state index contributed by atoms with van der Waals surface area (Å²) in [6, 6.07) is 5.11. The molecule has 2 atom stereocenters. The number of alkyl halides is 3. The first kappa shape index (κ1) is 20.1. The number of aromatic nitrogens is 2. The number of halogens is 4. The molecular formula is C19H16ClF3N4O3. The molecule has 0 saturated carbocycles. The largest absolute Gasteiger partial charge is 0.495 e. The second kappa shape index (κ2) is 7.60. The number of carbonyl (C=O) groups is 1. The summed E-state index contributed by atoms with van der Waals surface area (Å²) in [5, 5.41) is 9.66. The molecule has 0 radical (unpaired) electrons. The number of anilines is 2. The van der Waals surface area contributed by atoms with Crippen molar-refractivity contribution in [2.24, 2.45) is 0 Å². The minimum absolute atomic E-state index is 0.0348. The fourth-order valence-electron chi connectivity index (χ4n) is 3.35. The molecule has 0 fully saturated rings. The first-order chi connectivity index (χ1) is 14.3. The average Bonchev–Trinajstić information content (AvgIpc) is 3.36. The van der Waals surface area contributed by atoms with E-state index >= 15 is 0 Å². The highest BCUT2D eigenvalue weighted by Crippen LogP contribution is 2.44. The van der Waals surface area contributed by atoms with E-state index < -0.39 is 24.2 Å². The van der Waals surface area contributed by atoms with Crippen molar-refractivity contribution in [2.75, 3.05) is 17.7 Å². The van der Waals surface area contributed by atoms with E-state index in [1.807, 2.05) is 0 Å². The summed E-state index contributed by atoms with van der Waals surface area (Å²) in [5.74, 6) is 0.0895. The Kier molecular flexibility index (Phi) is 5.10. The molecule has 11 heteroatoms. The zero-order valence-corrected chi connectivity index (χ0v) is 16.3. The van der Waals surface area contributed by atoms with Gasteiger partial charge in [0.25, 0.3) is 5.91 Å². The van der Waals surface area contributed by atoms with Crippen LogP contribution in [0.25, 0.3) is 0 Å². The number of carbonyl (C=O) groups excluding carboxylic acids is 1. The lowest BCUT2D eigenvalue weighted by Crippen LogP contribution is -2.36. The summed E-state index contributed by atoms with van der Waals surface area (Å²) in [4.78, 5) is 12.8. The summed E-state index contributed by atoms with van der Waals surface area (Å²) < 4.78 is 52.1. The monoisotopic (exact) mass is 440 g/mol. The Labute approximate surface area is 173 Å². The Balaban J connectivity index is 1.65. The number of ether oxygens (including phenoxy) is 1. The van der Waals surface area contributed by atoms with E-state index in [9.17, 15) is 18.0 Å². The van der Waals surface area contributed by atoms with Crippen molar-refractivity contribution >= 4 is 29.0 Å². The number of nitrogens with zero attached hydrogens (tertiary/aromatic N) is 2. The minimum Gasteiger partial charge on any atom is -0.495 e. The maximum Gasteiger partial charge on any atom is 0.410 e. The number of fused-ring (bicyclic) bond motifs is 1. The Morgan fingerprint density at radius 3 is 2.83 bits per heavy atom. The maximum absolute atomic E-state index is 13.7. The predicted molar refractivity (Wildman–Crippen MR) is 103 cm³/mol. The van der Waals surface area contributed by atoms with Gasteiger partial charge in [0.15, 0.2) is 6.04 Å². The number of methoxy groups -OCH3 is 1. The van der Waals surface area contributed by atoms with Crippen molar-refractivity contribution in [3.63, 3.8) is 0 Å². The topological polar surface area (TPSA) is 81.3 Å². The Hall–Kier alpha value is -3.14. The van der Waals surface area contributed by atoms with Gasteiger partial charge in [0, 0.05) is 12.1 Å². The highest BCUT2D eigenvalue weighted by molar-refractivity contribution is 6.32. The van der Waals surface area contributed by atoms with Gasteiger partial charge in [-0.3, -0.25) is 4.79 Å². The lowest BCUT2D eigenvalue weighted by Gasteiger charge is -2.32. The van der Waals surface area contributed by atoms with E-state index in [1.165, 1.54) is 19.4 Å². The van der Waals surface area contributed by atoms with Gasteiger partial charge in [0.1, 0.15) is 22.9 Å². The van der Waals surface area contributed by atoms with Crippen molar-refractivity contribution in [2.45, 2.75) is 24.7 Å². The number of benzene rings is 1. The third kappa shape index (κ3) is 3.70. The van der Waals surface area contributed by atoms with Gasteiger partial charge in [-0.25, -0.2) is 4.68 Å². The lowest BCUT2D eigenvalue weighted by atomic mass is 10.0. The smallest absolute Gasteiger partial charge is 0.410 e. The van der Waals surface area contributed by atoms with Crippen LogP contribution in [0.15, 0.2) is 47.2 Å². The summed E-state index contributed by atoms with van der Waals surface area (Å²) in [6.45, 7) is 0. The van der Waals surface area contributed by atoms with Crippen LogP contribution in [0.4, 0.5) is 24.7 Å². The van der Waals surface area contributed by atoms with E-state index in [2.05, 4.69) is 15.7 Å². The summed E-state index contributed by atoms with van der Waals surface area (Å²) in [7, 11) is 1.46. The second-order valence-electron chi connectivity index (χ2n) is 6.66. The molecule has 1 amide bonds.